The Morgan fingerprint density at radius 2 is 1.90 bits per heavy atom. The Morgan fingerprint density at radius 1 is 1.33 bits per heavy atom. The summed E-state index contributed by atoms with van der Waals surface area (Å²) in [4.78, 5) is 10.9. The van der Waals surface area contributed by atoms with Gasteiger partial charge in [0.25, 0.3) is 0 Å². The van der Waals surface area contributed by atoms with Crippen molar-refractivity contribution in [2.75, 3.05) is 13.2 Å². The van der Waals surface area contributed by atoms with Crippen molar-refractivity contribution in [3.63, 3.8) is 0 Å². The second kappa shape index (κ2) is 7.56. The first kappa shape index (κ1) is 17.7. The van der Waals surface area contributed by atoms with Crippen molar-refractivity contribution in [3.8, 4) is 11.5 Å². The van der Waals surface area contributed by atoms with Crippen LogP contribution in [0.5, 0.6) is 11.5 Å². The van der Waals surface area contributed by atoms with Crippen molar-refractivity contribution in [2.45, 2.75) is 26.6 Å². The highest BCUT2D eigenvalue weighted by molar-refractivity contribution is 7.54. The van der Waals surface area contributed by atoms with Crippen LogP contribution in [0.4, 0.5) is 0 Å². The van der Waals surface area contributed by atoms with E-state index in [1.54, 1.807) is 13.8 Å². The Balaban J connectivity index is 3.06. The molecule has 0 heterocycles. The van der Waals surface area contributed by atoms with Gasteiger partial charge < -0.3 is 24.6 Å². The molecular weight excluding hydrogens is 297 g/mol. The molecule has 1 rings (SSSR count). The summed E-state index contributed by atoms with van der Waals surface area (Å²) in [5, 5.41) is 9.81. The Kier molecular flexibility index (Phi) is 6.36. The number of carbonyl (C=O) groups is 1. The van der Waals surface area contributed by atoms with Gasteiger partial charge in [0, 0.05) is 6.92 Å². The van der Waals surface area contributed by atoms with Crippen molar-refractivity contribution in [2.24, 2.45) is 5.73 Å². The first-order valence-corrected chi connectivity index (χ1v) is 8.11. The maximum Gasteiger partial charge on any atom is 0.351 e. The molecule has 21 heavy (non-hydrogen) atoms. The molecule has 8 heteroatoms. The van der Waals surface area contributed by atoms with Gasteiger partial charge in [-0.15, -0.1) is 0 Å². The maximum absolute atomic E-state index is 12.6. The molecule has 118 valence electrons. The van der Waals surface area contributed by atoms with E-state index >= 15 is 0 Å². The van der Waals surface area contributed by atoms with Gasteiger partial charge in [-0.2, -0.15) is 0 Å². The molecule has 0 bridgehead atoms. The summed E-state index contributed by atoms with van der Waals surface area (Å²) in [6, 6.07) is 4.13. The van der Waals surface area contributed by atoms with Gasteiger partial charge in [0.2, 0.25) is 0 Å². The SMILES string of the molecule is CCOP(=O)(OCC)[C@@H](N)c1ccc(OC(C)=O)c(O)c1. The van der Waals surface area contributed by atoms with E-state index in [2.05, 4.69) is 0 Å². The number of rotatable bonds is 7. The van der Waals surface area contributed by atoms with Crippen LogP contribution >= 0.6 is 7.60 Å². The molecule has 0 saturated carbocycles. The number of phenols is 1. The van der Waals surface area contributed by atoms with Crippen LogP contribution in [-0.2, 0) is 18.4 Å². The number of phenolic OH excluding ortho intramolecular Hbond substituents is 1. The first-order valence-electron chi connectivity index (χ1n) is 6.49. The molecule has 0 spiro atoms. The van der Waals surface area contributed by atoms with Crippen molar-refractivity contribution in [1.29, 1.82) is 0 Å². The molecule has 0 amide bonds. The number of hydrogen-bond acceptors (Lipinski definition) is 7. The van der Waals surface area contributed by atoms with E-state index in [1.165, 1.54) is 25.1 Å². The third kappa shape index (κ3) is 4.54. The fraction of sp³-hybridized carbons (Fsp3) is 0.462. The van der Waals surface area contributed by atoms with E-state index in [9.17, 15) is 14.5 Å². The minimum absolute atomic E-state index is 0.00102. The van der Waals surface area contributed by atoms with E-state index in [4.69, 9.17) is 19.5 Å². The van der Waals surface area contributed by atoms with Gasteiger partial charge in [-0.3, -0.25) is 9.36 Å². The Labute approximate surface area is 123 Å². The maximum atomic E-state index is 12.6. The lowest BCUT2D eigenvalue weighted by Gasteiger charge is -2.23. The van der Waals surface area contributed by atoms with Crippen LogP contribution < -0.4 is 10.5 Å². The highest BCUT2D eigenvalue weighted by Crippen LogP contribution is 2.58. The largest absolute Gasteiger partial charge is 0.504 e. The van der Waals surface area contributed by atoms with E-state index in [-0.39, 0.29) is 24.7 Å². The fourth-order valence-corrected chi connectivity index (χ4v) is 3.34. The second-order valence-corrected chi connectivity index (χ2v) is 6.29. The lowest BCUT2D eigenvalue weighted by Crippen LogP contribution is -2.15. The summed E-state index contributed by atoms with van der Waals surface area (Å²) >= 11 is 0. The lowest BCUT2D eigenvalue weighted by molar-refractivity contribution is -0.132. The molecule has 0 unspecified atom stereocenters. The summed E-state index contributed by atoms with van der Waals surface area (Å²) in [6.45, 7) is 4.95. The molecule has 0 aliphatic heterocycles. The van der Waals surface area contributed by atoms with Crippen LogP contribution in [0.15, 0.2) is 18.2 Å². The molecule has 0 saturated heterocycles. The summed E-state index contributed by atoms with van der Waals surface area (Å²) < 4.78 is 27.7. The standard InChI is InChI=1S/C13H20NO6P/c1-4-18-21(17,19-5-2)13(14)10-6-7-12(11(16)8-10)20-9(3)15/h6-8,13,16H,4-5,14H2,1-3H3/t13-/m1/s1. The van der Waals surface area contributed by atoms with Gasteiger partial charge in [-0.05, 0) is 31.5 Å². The molecule has 7 nitrogen and oxygen atoms in total. The third-order valence-corrected chi connectivity index (χ3v) is 4.75. The number of carbonyl (C=O) groups excluding carboxylic acids is 1. The average molecular weight is 317 g/mol. The molecule has 1 aromatic carbocycles. The summed E-state index contributed by atoms with van der Waals surface area (Å²) in [5.41, 5.74) is 6.29. The predicted molar refractivity (Wildman–Crippen MR) is 77.2 cm³/mol. The summed E-state index contributed by atoms with van der Waals surface area (Å²) in [7, 11) is -3.54. The van der Waals surface area contributed by atoms with E-state index < -0.39 is 19.3 Å². The van der Waals surface area contributed by atoms with Crippen LogP contribution in [0.1, 0.15) is 32.1 Å². The molecule has 0 aromatic heterocycles. The van der Waals surface area contributed by atoms with Gasteiger partial charge in [-0.25, -0.2) is 0 Å². The van der Waals surface area contributed by atoms with Gasteiger partial charge in [-0.1, -0.05) is 6.07 Å². The topological polar surface area (TPSA) is 108 Å². The van der Waals surface area contributed by atoms with Gasteiger partial charge in [0.05, 0.1) is 13.2 Å². The van der Waals surface area contributed by atoms with Crippen LogP contribution in [-0.4, -0.2) is 24.3 Å². The zero-order valence-corrected chi connectivity index (χ0v) is 13.1. The van der Waals surface area contributed by atoms with Crippen molar-refractivity contribution >= 4 is 13.6 Å². The van der Waals surface area contributed by atoms with Crippen molar-refractivity contribution in [3.05, 3.63) is 23.8 Å². The summed E-state index contributed by atoms with van der Waals surface area (Å²) in [5.74, 6) is -1.88. The molecule has 1 aromatic rings. The number of benzene rings is 1. The Bertz CT molecular complexity index is 537. The molecule has 0 radical (unpaired) electrons. The predicted octanol–water partition coefficient (Wildman–Crippen LogP) is 2.54. The highest BCUT2D eigenvalue weighted by atomic mass is 31.2. The van der Waals surface area contributed by atoms with E-state index in [1.807, 2.05) is 0 Å². The Morgan fingerprint density at radius 3 is 2.33 bits per heavy atom. The van der Waals surface area contributed by atoms with Crippen molar-refractivity contribution in [1.82, 2.24) is 0 Å². The Hall–Kier alpha value is -1.40. The number of esters is 1. The lowest BCUT2D eigenvalue weighted by atomic mass is 10.2. The third-order valence-electron chi connectivity index (χ3n) is 2.54. The molecule has 0 aliphatic carbocycles. The molecule has 1 atom stereocenters. The fourth-order valence-electron chi connectivity index (χ4n) is 1.70. The quantitative estimate of drug-likeness (QED) is 0.452. The smallest absolute Gasteiger partial charge is 0.351 e. The van der Waals surface area contributed by atoms with E-state index in [0.29, 0.717) is 5.56 Å². The minimum atomic E-state index is -3.54. The van der Waals surface area contributed by atoms with Crippen LogP contribution in [0, 0.1) is 0 Å². The van der Waals surface area contributed by atoms with Crippen LogP contribution in [0.2, 0.25) is 0 Å². The van der Waals surface area contributed by atoms with Crippen LogP contribution in [0.25, 0.3) is 0 Å². The molecule has 0 aliphatic rings. The zero-order chi connectivity index (χ0) is 16.0. The number of ether oxygens (including phenoxy) is 1. The molecule has 3 N–H and O–H groups in total. The number of aromatic hydroxyl groups is 1. The average Bonchev–Trinajstić information content (AvgIpc) is 2.40. The minimum Gasteiger partial charge on any atom is -0.504 e. The molecular formula is C13H20NO6P. The van der Waals surface area contributed by atoms with E-state index in [0.717, 1.165) is 0 Å². The normalized spacial score (nSPS) is 13.0. The van der Waals surface area contributed by atoms with Crippen molar-refractivity contribution < 1.29 is 28.3 Å². The molecule has 0 fully saturated rings. The number of nitrogens with two attached hydrogens (primary N) is 1. The number of hydrogen-bond donors (Lipinski definition) is 2. The first-order chi connectivity index (χ1) is 9.84. The van der Waals surface area contributed by atoms with Gasteiger partial charge in [0.1, 0.15) is 5.78 Å². The van der Waals surface area contributed by atoms with Crippen LogP contribution in [0.3, 0.4) is 0 Å². The van der Waals surface area contributed by atoms with Gasteiger partial charge >= 0.3 is 13.6 Å². The monoisotopic (exact) mass is 317 g/mol. The summed E-state index contributed by atoms with van der Waals surface area (Å²) in [6.07, 6.45) is 0. The second-order valence-electron chi connectivity index (χ2n) is 4.14. The van der Waals surface area contributed by atoms with Gasteiger partial charge in [0.15, 0.2) is 11.5 Å². The zero-order valence-electron chi connectivity index (χ0n) is 12.2. The highest BCUT2D eigenvalue weighted by Gasteiger charge is 2.34.